The van der Waals surface area contributed by atoms with Gasteiger partial charge < -0.3 is 10.1 Å². The minimum Gasteiger partial charge on any atom is -0.465 e. The van der Waals surface area contributed by atoms with Crippen molar-refractivity contribution in [1.82, 2.24) is 10.3 Å². The summed E-state index contributed by atoms with van der Waals surface area (Å²) < 4.78 is 4.83. The fraction of sp³-hybridized carbons (Fsp3) is 0.667. The van der Waals surface area contributed by atoms with Crippen molar-refractivity contribution in [2.75, 3.05) is 25.2 Å². The van der Waals surface area contributed by atoms with Crippen molar-refractivity contribution in [3.8, 4) is 0 Å². The van der Waals surface area contributed by atoms with Crippen molar-refractivity contribution < 1.29 is 9.53 Å². The molecule has 2 rings (SSSR count). The monoisotopic (exact) mass is 286 g/mol. The Morgan fingerprint density at radius 1 is 1.61 bits per heavy atom. The van der Waals surface area contributed by atoms with Gasteiger partial charge in [0.1, 0.15) is 9.88 Å². The smallest absolute Gasteiger partial charge is 0.349 e. The van der Waals surface area contributed by atoms with Crippen molar-refractivity contribution in [3.05, 3.63) is 15.6 Å². The molecule has 0 saturated carbocycles. The molecule has 0 amide bonds. The molecule has 1 fully saturated rings. The van der Waals surface area contributed by atoms with Crippen molar-refractivity contribution in [1.29, 1.82) is 0 Å². The summed E-state index contributed by atoms with van der Waals surface area (Å²) in [5.74, 6) is 1.92. The first-order chi connectivity index (χ1) is 8.76. The van der Waals surface area contributed by atoms with E-state index in [1.807, 2.05) is 11.8 Å². The van der Waals surface area contributed by atoms with Crippen LogP contribution in [0.15, 0.2) is 0 Å². The molecule has 4 nitrogen and oxygen atoms in total. The lowest BCUT2D eigenvalue weighted by molar-refractivity contribution is 0.0605. The van der Waals surface area contributed by atoms with Gasteiger partial charge in [-0.15, -0.1) is 11.3 Å². The number of aromatic nitrogens is 1. The van der Waals surface area contributed by atoms with Crippen molar-refractivity contribution in [2.45, 2.75) is 25.8 Å². The van der Waals surface area contributed by atoms with E-state index < -0.39 is 0 Å². The fourth-order valence-corrected chi connectivity index (χ4v) is 4.05. The zero-order valence-electron chi connectivity index (χ0n) is 10.7. The van der Waals surface area contributed by atoms with Crippen LogP contribution >= 0.6 is 23.1 Å². The first kappa shape index (κ1) is 13.8. The average molecular weight is 286 g/mol. The molecule has 6 heteroatoms. The van der Waals surface area contributed by atoms with E-state index in [9.17, 15) is 4.79 Å². The number of carbonyl (C=O) groups excluding carboxylic acids is 1. The number of hydrogen-bond acceptors (Lipinski definition) is 6. The van der Waals surface area contributed by atoms with Gasteiger partial charge in [0.2, 0.25) is 0 Å². The summed E-state index contributed by atoms with van der Waals surface area (Å²) >= 11 is 3.41. The molecule has 1 aromatic heterocycles. The number of hydrogen-bond donors (Lipinski definition) is 1. The van der Waals surface area contributed by atoms with Gasteiger partial charge in [0.05, 0.1) is 18.8 Å². The number of carbonyl (C=O) groups is 1. The molecule has 100 valence electrons. The molecule has 1 aliphatic heterocycles. The molecule has 1 unspecified atom stereocenters. The number of nitrogens with zero attached hydrogens (tertiary/aromatic N) is 1. The second kappa shape index (κ2) is 6.54. The number of thioether (sulfide) groups is 1. The first-order valence-electron chi connectivity index (χ1n) is 6.15. The Morgan fingerprint density at radius 3 is 3.06 bits per heavy atom. The van der Waals surface area contributed by atoms with Gasteiger partial charge in [-0.25, -0.2) is 9.78 Å². The summed E-state index contributed by atoms with van der Waals surface area (Å²) in [6.45, 7) is 3.10. The Morgan fingerprint density at radius 2 is 2.44 bits per heavy atom. The fourth-order valence-electron chi connectivity index (χ4n) is 1.90. The Balaban J connectivity index is 2.23. The number of thiazole rings is 1. The van der Waals surface area contributed by atoms with Gasteiger partial charge in [-0.1, -0.05) is 13.3 Å². The molecule has 1 N–H and O–H groups in total. The predicted molar refractivity (Wildman–Crippen MR) is 75.5 cm³/mol. The first-order valence-corrected chi connectivity index (χ1v) is 8.12. The number of nitrogens with one attached hydrogen (secondary N) is 1. The summed E-state index contributed by atoms with van der Waals surface area (Å²) in [7, 11) is 1.42. The number of ether oxygens (including phenoxy) is 1. The van der Waals surface area contributed by atoms with Crippen LogP contribution < -0.4 is 5.32 Å². The Hall–Kier alpha value is -0.590. The lowest BCUT2D eigenvalue weighted by Gasteiger charge is -2.20. The van der Waals surface area contributed by atoms with Crippen LogP contribution in [0.2, 0.25) is 0 Å². The summed E-state index contributed by atoms with van der Waals surface area (Å²) in [6.07, 6.45) is 1.82. The van der Waals surface area contributed by atoms with Crippen molar-refractivity contribution in [2.24, 2.45) is 0 Å². The second-order valence-corrected chi connectivity index (χ2v) is 6.33. The van der Waals surface area contributed by atoms with Gasteiger partial charge in [0.25, 0.3) is 0 Å². The molecule has 0 radical (unpaired) electrons. The van der Waals surface area contributed by atoms with Crippen LogP contribution in [0, 0.1) is 0 Å². The molecule has 0 bridgehead atoms. The lowest BCUT2D eigenvalue weighted by Crippen LogP contribution is -2.30. The van der Waals surface area contributed by atoms with E-state index in [0.29, 0.717) is 4.88 Å². The van der Waals surface area contributed by atoms with Gasteiger partial charge in [-0.3, -0.25) is 0 Å². The topological polar surface area (TPSA) is 51.2 Å². The summed E-state index contributed by atoms with van der Waals surface area (Å²) in [5.41, 5.74) is 0.890. The van der Waals surface area contributed by atoms with E-state index in [2.05, 4.69) is 17.2 Å². The number of aryl methyl sites for hydroxylation is 1. The maximum Gasteiger partial charge on any atom is 0.349 e. The Labute approximate surface area is 116 Å². The van der Waals surface area contributed by atoms with Gasteiger partial charge in [0.15, 0.2) is 0 Å². The predicted octanol–water partition coefficient (Wildman–Crippen LogP) is 2.26. The summed E-state index contributed by atoms with van der Waals surface area (Å²) in [4.78, 5) is 17.0. The molecule has 1 saturated heterocycles. The molecular weight excluding hydrogens is 268 g/mol. The highest BCUT2D eigenvalue weighted by Crippen LogP contribution is 2.29. The molecule has 18 heavy (non-hydrogen) atoms. The Kier molecular flexibility index (Phi) is 5.03. The van der Waals surface area contributed by atoms with Gasteiger partial charge >= 0.3 is 5.97 Å². The largest absolute Gasteiger partial charge is 0.465 e. The third-order valence-electron chi connectivity index (χ3n) is 2.79. The van der Waals surface area contributed by atoms with E-state index in [4.69, 9.17) is 4.74 Å². The van der Waals surface area contributed by atoms with Crippen LogP contribution in [0.1, 0.15) is 39.8 Å². The molecule has 0 spiro atoms. The quantitative estimate of drug-likeness (QED) is 0.860. The number of esters is 1. The van der Waals surface area contributed by atoms with Gasteiger partial charge in [-0.05, 0) is 6.42 Å². The van der Waals surface area contributed by atoms with Crippen LogP contribution in [0.3, 0.4) is 0 Å². The molecule has 0 aromatic carbocycles. The number of rotatable bonds is 4. The number of methoxy groups -OCH3 is 1. The van der Waals surface area contributed by atoms with Crippen molar-refractivity contribution >= 4 is 29.1 Å². The highest BCUT2D eigenvalue weighted by Gasteiger charge is 2.24. The lowest BCUT2D eigenvalue weighted by atomic mass is 10.2. The highest BCUT2D eigenvalue weighted by atomic mass is 32.2. The van der Waals surface area contributed by atoms with E-state index in [0.717, 1.165) is 41.6 Å². The summed E-state index contributed by atoms with van der Waals surface area (Å²) in [6, 6.07) is 0.280. The third-order valence-corrected chi connectivity index (χ3v) is 5.04. The van der Waals surface area contributed by atoms with E-state index in [-0.39, 0.29) is 12.0 Å². The maximum absolute atomic E-state index is 11.7. The van der Waals surface area contributed by atoms with E-state index in [1.165, 1.54) is 18.4 Å². The molecule has 1 aromatic rings. The Bertz CT molecular complexity index is 414. The third kappa shape index (κ3) is 3.05. The average Bonchev–Trinajstić information content (AvgIpc) is 2.83. The van der Waals surface area contributed by atoms with E-state index >= 15 is 0 Å². The SMILES string of the molecule is CCCc1nc(C2CSCCN2)sc1C(=O)OC. The van der Waals surface area contributed by atoms with Gasteiger partial charge in [-0.2, -0.15) is 11.8 Å². The van der Waals surface area contributed by atoms with Crippen LogP contribution in [0.4, 0.5) is 0 Å². The standard InChI is InChI=1S/C12H18N2O2S2/c1-3-4-8-10(12(15)16-2)18-11(14-8)9-7-17-6-5-13-9/h9,13H,3-7H2,1-2H3. The molecular formula is C12H18N2O2S2. The molecule has 2 heterocycles. The highest BCUT2D eigenvalue weighted by molar-refractivity contribution is 7.99. The minimum atomic E-state index is -0.259. The zero-order chi connectivity index (χ0) is 13.0. The van der Waals surface area contributed by atoms with Crippen LogP contribution in [-0.2, 0) is 11.2 Å². The van der Waals surface area contributed by atoms with Crippen LogP contribution in [-0.4, -0.2) is 36.1 Å². The molecule has 1 atom stereocenters. The normalized spacial score (nSPS) is 19.8. The zero-order valence-corrected chi connectivity index (χ0v) is 12.3. The maximum atomic E-state index is 11.7. The van der Waals surface area contributed by atoms with Crippen LogP contribution in [0.5, 0.6) is 0 Å². The van der Waals surface area contributed by atoms with Crippen molar-refractivity contribution in [3.63, 3.8) is 0 Å². The molecule has 1 aliphatic rings. The van der Waals surface area contributed by atoms with E-state index in [1.54, 1.807) is 0 Å². The minimum absolute atomic E-state index is 0.259. The van der Waals surface area contributed by atoms with Gasteiger partial charge in [0, 0.05) is 18.1 Å². The van der Waals surface area contributed by atoms with Crippen LogP contribution in [0.25, 0.3) is 0 Å². The second-order valence-electron chi connectivity index (χ2n) is 4.15. The summed E-state index contributed by atoms with van der Waals surface area (Å²) in [5, 5.41) is 4.47. The molecule has 0 aliphatic carbocycles.